The van der Waals surface area contributed by atoms with Crippen molar-refractivity contribution in [2.75, 3.05) is 0 Å². The molecule has 2 rings (SSSR count). The molecular formula is C8H18. The molecule has 0 aromatic carbocycles. The van der Waals surface area contributed by atoms with Gasteiger partial charge in [0, 0.05) is 1.43 Å². The maximum absolute atomic E-state index is 1.50. The summed E-state index contributed by atoms with van der Waals surface area (Å²) in [5, 5.41) is 0. The van der Waals surface area contributed by atoms with Crippen LogP contribution in [-0.4, -0.2) is 0 Å². The lowest BCUT2D eigenvalue weighted by Gasteiger charge is -2.05. The highest BCUT2D eigenvalue weighted by Crippen LogP contribution is 2.15. The summed E-state index contributed by atoms with van der Waals surface area (Å²) in [6.07, 6.45) is 12.0. The van der Waals surface area contributed by atoms with Crippen molar-refractivity contribution in [2.24, 2.45) is 0 Å². The Kier molecular flexibility index (Phi) is 3.01. The summed E-state index contributed by atoms with van der Waals surface area (Å²) in [4.78, 5) is 0. The fourth-order valence-corrected chi connectivity index (χ4v) is 0.500. The first-order valence-corrected chi connectivity index (χ1v) is 4.00. The summed E-state index contributed by atoms with van der Waals surface area (Å²) in [6.45, 7) is 0. The van der Waals surface area contributed by atoms with Crippen LogP contribution in [0.3, 0.4) is 0 Å². The average Bonchev–Trinajstić information content (AvgIpc) is 1.12. The van der Waals surface area contributed by atoms with Crippen LogP contribution in [0.25, 0.3) is 0 Å². The van der Waals surface area contributed by atoms with Crippen LogP contribution in [-0.2, 0) is 0 Å². The zero-order valence-corrected chi connectivity index (χ0v) is 5.66. The van der Waals surface area contributed by atoms with Crippen LogP contribution in [0, 0.1) is 0 Å². The summed E-state index contributed by atoms with van der Waals surface area (Å²) in [5.74, 6) is 0. The van der Waals surface area contributed by atoms with E-state index in [1.54, 1.807) is 0 Å². The molecular weight excluding hydrogens is 96.1 g/mol. The molecule has 0 amide bonds. The summed E-state index contributed by atoms with van der Waals surface area (Å²) < 4.78 is 0. The minimum Gasteiger partial charge on any atom is -0.0533 e. The second-order valence-electron chi connectivity index (χ2n) is 2.83. The van der Waals surface area contributed by atoms with Crippen molar-refractivity contribution in [1.29, 1.82) is 0 Å². The summed E-state index contributed by atoms with van der Waals surface area (Å²) in [7, 11) is 0. The molecule has 0 bridgehead atoms. The van der Waals surface area contributed by atoms with E-state index in [2.05, 4.69) is 0 Å². The Morgan fingerprint density at radius 3 is 0.500 bits per heavy atom. The standard InChI is InChI=1S/2C4H8.H2/c2*1-2-4-3-1;/h2*1-4H2;1H/i;;1+1. The maximum atomic E-state index is 1.50. The van der Waals surface area contributed by atoms with Crippen LogP contribution in [0.15, 0.2) is 0 Å². The molecule has 0 nitrogen and oxygen atoms in total. The van der Waals surface area contributed by atoms with Gasteiger partial charge in [-0.1, -0.05) is 51.4 Å². The summed E-state index contributed by atoms with van der Waals surface area (Å²) in [6, 6.07) is 0. The number of hydrogen-bond acceptors (Lipinski definition) is 0. The second-order valence-corrected chi connectivity index (χ2v) is 2.83. The molecule has 0 N–H and O–H groups in total. The molecule has 0 aromatic rings. The van der Waals surface area contributed by atoms with E-state index < -0.39 is 0 Å². The second kappa shape index (κ2) is 3.94. The van der Waals surface area contributed by atoms with Gasteiger partial charge in [0.05, 0.1) is 0 Å². The van der Waals surface area contributed by atoms with Crippen LogP contribution in [0.5, 0.6) is 0 Å². The first-order valence-electron chi connectivity index (χ1n) is 4.00. The smallest absolute Gasteiger partial charge is 0 e. The molecule has 8 heavy (non-hydrogen) atoms. The van der Waals surface area contributed by atoms with Gasteiger partial charge in [-0.25, -0.2) is 0 Å². The maximum Gasteiger partial charge on any atom is 0 e. The van der Waals surface area contributed by atoms with E-state index in [1.807, 2.05) is 0 Å². The molecule has 2 aliphatic carbocycles. The van der Waals surface area contributed by atoms with Gasteiger partial charge >= 0.3 is 0 Å². The summed E-state index contributed by atoms with van der Waals surface area (Å²) >= 11 is 0. The molecule has 0 aromatic heterocycles. The highest BCUT2D eigenvalue weighted by Gasteiger charge is 1.95. The van der Waals surface area contributed by atoms with Gasteiger partial charge in [-0.15, -0.1) is 0 Å². The third-order valence-corrected chi connectivity index (χ3v) is 2.00. The SMILES string of the molecule is C1CCC1.C1CCC1.[2HH]. The monoisotopic (exact) mass is 115 g/mol. The van der Waals surface area contributed by atoms with Gasteiger partial charge in [0.25, 0.3) is 0 Å². The molecule has 0 spiro atoms. The molecule has 0 unspecified atom stereocenters. The van der Waals surface area contributed by atoms with Crippen molar-refractivity contribution in [3.8, 4) is 0 Å². The van der Waals surface area contributed by atoms with Gasteiger partial charge in [-0.3, -0.25) is 0 Å². The van der Waals surface area contributed by atoms with E-state index in [1.165, 1.54) is 51.4 Å². The number of rotatable bonds is 0. The predicted molar refractivity (Wildman–Crippen MR) is 39.0 cm³/mol. The van der Waals surface area contributed by atoms with Gasteiger partial charge < -0.3 is 0 Å². The van der Waals surface area contributed by atoms with Crippen molar-refractivity contribution in [1.82, 2.24) is 0 Å². The Morgan fingerprint density at radius 1 is 0.375 bits per heavy atom. The Morgan fingerprint density at radius 2 is 0.500 bits per heavy atom. The average molecular weight is 115 g/mol. The van der Waals surface area contributed by atoms with Gasteiger partial charge in [0.15, 0.2) is 0 Å². The lowest BCUT2D eigenvalue weighted by atomic mass is 10.0. The molecule has 0 atom stereocenters. The predicted octanol–water partition coefficient (Wildman–Crippen LogP) is 3.37. The highest BCUT2D eigenvalue weighted by atomic mass is 14.0. The lowest BCUT2D eigenvalue weighted by molar-refractivity contribution is 0.504. The van der Waals surface area contributed by atoms with Crippen molar-refractivity contribution in [3.63, 3.8) is 0 Å². The van der Waals surface area contributed by atoms with Crippen LogP contribution >= 0.6 is 0 Å². The van der Waals surface area contributed by atoms with Crippen molar-refractivity contribution < 1.29 is 1.43 Å². The van der Waals surface area contributed by atoms with Gasteiger partial charge in [-0.05, 0) is 0 Å². The van der Waals surface area contributed by atoms with Crippen LogP contribution in [0.2, 0.25) is 0 Å². The van der Waals surface area contributed by atoms with Crippen molar-refractivity contribution in [2.45, 2.75) is 51.4 Å². The molecule has 2 saturated carbocycles. The third kappa shape index (κ3) is 2.34. The first kappa shape index (κ1) is 6.12. The normalized spacial score (nSPS) is 24.0. The lowest BCUT2D eigenvalue weighted by Crippen LogP contribution is -1.85. The van der Waals surface area contributed by atoms with Crippen molar-refractivity contribution >= 4 is 0 Å². The quantitative estimate of drug-likeness (QED) is 0.454. The zero-order chi connectivity index (χ0) is 5.66. The molecule has 0 heteroatoms. The zero-order valence-electron chi connectivity index (χ0n) is 5.66. The molecule has 0 aliphatic heterocycles. The molecule has 2 aliphatic rings. The fraction of sp³-hybridized carbons (Fsp3) is 1.00. The highest BCUT2D eigenvalue weighted by molar-refractivity contribution is 4.51. The van der Waals surface area contributed by atoms with Gasteiger partial charge in [0.2, 0.25) is 0 Å². The largest absolute Gasteiger partial charge is 0.0533 e. The van der Waals surface area contributed by atoms with Gasteiger partial charge in [0.1, 0.15) is 0 Å². The minimum atomic E-state index is 0. The first-order chi connectivity index (χ1) is 4.00. The van der Waals surface area contributed by atoms with Crippen molar-refractivity contribution in [3.05, 3.63) is 0 Å². The third-order valence-electron chi connectivity index (χ3n) is 2.00. The molecule has 2 fully saturated rings. The van der Waals surface area contributed by atoms with E-state index in [0.717, 1.165) is 0 Å². The minimum absolute atomic E-state index is 0. The Hall–Kier alpha value is 0. The topological polar surface area (TPSA) is 0 Å². The van der Waals surface area contributed by atoms with Crippen LogP contribution in [0.1, 0.15) is 52.8 Å². The van der Waals surface area contributed by atoms with Crippen LogP contribution < -0.4 is 0 Å². The Balaban J connectivity index is 0.000000128. The molecule has 0 heterocycles. The molecule has 0 radical (unpaired) electrons. The number of hydrogen-bond donors (Lipinski definition) is 0. The molecule has 50 valence electrons. The van der Waals surface area contributed by atoms with Crippen LogP contribution in [0.4, 0.5) is 0 Å². The van der Waals surface area contributed by atoms with Gasteiger partial charge in [-0.2, -0.15) is 0 Å². The Bertz CT molecular complexity index is 28.5. The van der Waals surface area contributed by atoms with E-state index in [-0.39, 0.29) is 1.43 Å². The van der Waals surface area contributed by atoms with E-state index in [0.29, 0.717) is 0 Å². The molecule has 0 saturated heterocycles. The van der Waals surface area contributed by atoms with E-state index >= 15 is 0 Å². The summed E-state index contributed by atoms with van der Waals surface area (Å²) in [5.41, 5.74) is 0. The van der Waals surface area contributed by atoms with E-state index in [4.69, 9.17) is 0 Å². The van der Waals surface area contributed by atoms with E-state index in [9.17, 15) is 0 Å². The Labute approximate surface area is 53.8 Å². The fourth-order valence-electron chi connectivity index (χ4n) is 0.500.